The topological polar surface area (TPSA) is 72.7 Å². The Morgan fingerprint density at radius 2 is 1.68 bits per heavy atom. The Labute approximate surface area is 185 Å². The van der Waals surface area contributed by atoms with Crippen molar-refractivity contribution in [3.8, 4) is 22.5 Å². The number of amides is 1. The Hall–Kier alpha value is -3.45. The molecule has 0 saturated carbocycles. The largest absolute Gasteiger partial charge is 0.349 e. The van der Waals surface area contributed by atoms with E-state index in [0.29, 0.717) is 5.16 Å². The summed E-state index contributed by atoms with van der Waals surface area (Å²) in [6.07, 6.45) is 3.46. The van der Waals surface area contributed by atoms with Crippen molar-refractivity contribution in [3.05, 3.63) is 84.7 Å². The molecule has 4 aromatic rings. The van der Waals surface area contributed by atoms with Gasteiger partial charge in [-0.15, -0.1) is 10.2 Å². The highest BCUT2D eigenvalue weighted by molar-refractivity contribution is 7.99. The van der Waals surface area contributed by atoms with E-state index >= 15 is 0 Å². The van der Waals surface area contributed by atoms with Gasteiger partial charge in [0.05, 0.1) is 11.8 Å². The molecule has 31 heavy (non-hydrogen) atoms. The van der Waals surface area contributed by atoms with E-state index in [4.69, 9.17) is 0 Å². The van der Waals surface area contributed by atoms with Crippen molar-refractivity contribution < 1.29 is 4.79 Å². The highest BCUT2D eigenvalue weighted by atomic mass is 32.2. The minimum atomic E-state index is -0.0802. The smallest absolute Gasteiger partial charge is 0.230 e. The molecule has 0 aliphatic carbocycles. The van der Waals surface area contributed by atoms with Crippen LogP contribution < -0.4 is 5.32 Å². The first-order valence-corrected chi connectivity index (χ1v) is 11.0. The van der Waals surface area contributed by atoms with Crippen molar-refractivity contribution in [2.45, 2.75) is 18.1 Å². The molecule has 0 unspecified atom stereocenters. The van der Waals surface area contributed by atoms with Crippen LogP contribution in [0.3, 0.4) is 0 Å². The van der Waals surface area contributed by atoms with Crippen molar-refractivity contribution in [1.82, 2.24) is 25.1 Å². The monoisotopic (exact) mass is 429 g/mol. The average Bonchev–Trinajstić information content (AvgIpc) is 3.19. The summed E-state index contributed by atoms with van der Waals surface area (Å²) in [5.41, 5.74) is 4.29. The summed E-state index contributed by atoms with van der Waals surface area (Å²) < 4.78 is 1.88. The van der Waals surface area contributed by atoms with Crippen LogP contribution in [0.4, 0.5) is 0 Å². The van der Waals surface area contributed by atoms with Gasteiger partial charge in [-0.3, -0.25) is 9.78 Å². The number of thioether (sulfide) groups is 1. The third-order valence-corrected chi connectivity index (χ3v) is 6.00. The number of benzene rings is 2. The lowest BCUT2D eigenvalue weighted by molar-refractivity contribution is -0.119. The molecule has 0 saturated heterocycles. The van der Waals surface area contributed by atoms with E-state index < -0.39 is 0 Å². The predicted octanol–water partition coefficient (Wildman–Crippen LogP) is 4.51. The van der Waals surface area contributed by atoms with Crippen LogP contribution in [-0.2, 0) is 11.8 Å². The second-order valence-corrected chi connectivity index (χ2v) is 8.12. The van der Waals surface area contributed by atoms with Crippen LogP contribution in [0.2, 0.25) is 0 Å². The van der Waals surface area contributed by atoms with Crippen LogP contribution in [0.1, 0.15) is 18.5 Å². The molecule has 0 aliphatic heterocycles. The fourth-order valence-corrected chi connectivity index (χ4v) is 4.00. The average molecular weight is 430 g/mol. The Morgan fingerprint density at radius 3 is 2.39 bits per heavy atom. The summed E-state index contributed by atoms with van der Waals surface area (Å²) >= 11 is 1.36. The highest BCUT2D eigenvalue weighted by Gasteiger charge is 2.15. The first kappa shape index (κ1) is 20.8. The minimum Gasteiger partial charge on any atom is -0.349 e. The van der Waals surface area contributed by atoms with Gasteiger partial charge >= 0.3 is 0 Å². The summed E-state index contributed by atoms with van der Waals surface area (Å²) in [6, 6.07) is 22.2. The van der Waals surface area contributed by atoms with Gasteiger partial charge in [-0.2, -0.15) is 0 Å². The summed E-state index contributed by atoms with van der Waals surface area (Å²) in [6.45, 7) is 1.99. The van der Waals surface area contributed by atoms with Gasteiger partial charge in [0.25, 0.3) is 0 Å². The Balaban J connectivity index is 1.33. The van der Waals surface area contributed by atoms with Gasteiger partial charge in [-0.05, 0) is 35.7 Å². The van der Waals surface area contributed by atoms with Gasteiger partial charge in [-0.25, -0.2) is 0 Å². The lowest BCUT2D eigenvalue weighted by Crippen LogP contribution is -2.28. The predicted molar refractivity (Wildman–Crippen MR) is 123 cm³/mol. The third-order valence-electron chi connectivity index (χ3n) is 4.98. The van der Waals surface area contributed by atoms with Gasteiger partial charge < -0.3 is 9.88 Å². The van der Waals surface area contributed by atoms with Gasteiger partial charge in [0, 0.05) is 25.0 Å². The Kier molecular flexibility index (Phi) is 6.43. The molecule has 6 nitrogen and oxygen atoms in total. The maximum absolute atomic E-state index is 12.5. The first-order valence-electron chi connectivity index (χ1n) is 9.99. The number of pyridine rings is 1. The molecule has 0 fully saturated rings. The molecule has 0 bridgehead atoms. The van der Waals surface area contributed by atoms with Gasteiger partial charge in [0.1, 0.15) is 0 Å². The van der Waals surface area contributed by atoms with E-state index in [9.17, 15) is 4.79 Å². The zero-order valence-electron chi connectivity index (χ0n) is 17.4. The fourth-order valence-electron chi connectivity index (χ4n) is 3.28. The van der Waals surface area contributed by atoms with Crippen LogP contribution in [0.15, 0.2) is 84.3 Å². The van der Waals surface area contributed by atoms with Gasteiger partial charge in [-0.1, -0.05) is 66.4 Å². The zero-order chi connectivity index (χ0) is 21.6. The molecule has 0 aliphatic rings. The van der Waals surface area contributed by atoms with Crippen LogP contribution in [0.5, 0.6) is 0 Å². The fraction of sp³-hybridized carbons (Fsp3) is 0.167. The minimum absolute atomic E-state index is 0.0458. The maximum atomic E-state index is 12.5. The molecule has 7 heteroatoms. The molecule has 0 radical (unpaired) electrons. The van der Waals surface area contributed by atoms with E-state index in [-0.39, 0.29) is 17.7 Å². The van der Waals surface area contributed by atoms with Crippen molar-refractivity contribution in [1.29, 1.82) is 0 Å². The van der Waals surface area contributed by atoms with E-state index in [1.807, 2.05) is 48.9 Å². The lowest BCUT2D eigenvalue weighted by atomic mass is 10.0. The number of hydrogen-bond donors (Lipinski definition) is 1. The zero-order valence-corrected chi connectivity index (χ0v) is 18.2. The van der Waals surface area contributed by atoms with Gasteiger partial charge in [0.2, 0.25) is 5.91 Å². The van der Waals surface area contributed by atoms with E-state index in [2.05, 4.69) is 56.9 Å². The quantitative estimate of drug-likeness (QED) is 0.438. The summed E-state index contributed by atoms with van der Waals surface area (Å²) in [5.74, 6) is 0.948. The normalized spacial score (nSPS) is 11.8. The van der Waals surface area contributed by atoms with Crippen molar-refractivity contribution in [3.63, 3.8) is 0 Å². The van der Waals surface area contributed by atoms with E-state index in [0.717, 1.165) is 22.5 Å². The summed E-state index contributed by atoms with van der Waals surface area (Å²) in [7, 11) is 1.89. The lowest BCUT2D eigenvalue weighted by Gasteiger charge is -2.15. The van der Waals surface area contributed by atoms with E-state index in [1.165, 1.54) is 17.3 Å². The molecule has 4 rings (SSSR count). The molecule has 2 aromatic heterocycles. The van der Waals surface area contributed by atoms with Crippen LogP contribution >= 0.6 is 11.8 Å². The van der Waals surface area contributed by atoms with Crippen molar-refractivity contribution in [2.24, 2.45) is 7.05 Å². The van der Waals surface area contributed by atoms with Crippen molar-refractivity contribution >= 4 is 17.7 Å². The standard InChI is InChI=1S/C24H23N5OS/c1-17(18-10-12-20(13-11-18)19-7-4-3-5-8-19)26-22(30)16-31-24-28-27-23(29(24)2)21-9-6-14-25-15-21/h3-15,17H,16H2,1-2H3,(H,26,30)/t17-/m1/s1. The van der Waals surface area contributed by atoms with Crippen LogP contribution in [0.25, 0.3) is 22.5 Å². The second kappa shape index (κ2) is 9.57. The highest BCUT2D eigenvalue weighted by Crippen LogP contribution is 2.23. The molecular weight excluding hydrogens is 406 g/mol. The molecule has 1 amide bonds. The Morgan fingerprint density at radius 1 is 0.968 bits per heavy atom. The number of nitrogens with zero attached hydrogens (tertiary/aromatic N) is 4. The van der Waals surface area contributed by atoms with Crippen LogP contribution in [-0.4, -0.2) is 31.4 Å². The number of hydrogen-bond acceptors (Lipinski definition) is 5. The summed E-state index contributed by atoms with van der Waals surface area (Å²) in [5, 5.41) is 12.2. The maximum Gasteiger partial charge on any atom is 0.230 e. The third kappa shape index (κ3) is 5.00. The molecule has 1 N–H and O–H groups in total. The van der Waals surface area contributed by atoms with Gasteiger partial charge in [0.15, 0.2) is 11.0 Å². The summed E-state index contributed by atoms with van der Waals surface area (Å²) in [4.78, 5) is 16.6. The SMILES string of the molecule is C[C@@H](NC(=O)CSc1nnc(-c2cccnc2)n1C)c1ccc(-c2ccccc2)cc1. The molecule has 2 heterocycles. The number of aromatic nitrogens is 4. The molecule has 156 valence electrons. The molecule has 0 spiro atoms. The van der Waals surface area contributed by atoms with Crippen molar-refractivity contribution in [2.75, 3.05) is 5.75 Å². The molecular formula is C24H23N5OS. The van der Waals surface area contributed by atoms with Crippen LogP contribution in [0, 0.1) is 0 Å². The number of carbonyl (C=O) groups is 1. The van der Waals surface area contributed by atoms with E-state index in [1.54, 1.807) is 12.4 Å². The molecule has 2 aromatic carbocycles. The number of carbonyl (C=O) groups excluding carboxylic acids is 1. The number of nitrogens with one attached hydrogen (secondary N) is 1. The number of rotatable bonds is 7. The Bertz CT molecular complexity index is 1140. The first-order chi connectivity index (χ1) is 15.1. The second-order valence-electron chi connectivity index (χ2n) is 7.17. The molecule has 1 atom stereocenters.